The van der Waals surface area contributed by atoms with Crippen molar-refractivity contribution in [1.29, 1.82) is 0 Å². The molecule has 1 nitrogen and oxygen atoms in total. The first kappa shape index (κ1) is 10.9. The van der Waals surface area contributed by atoms with E-state index in [1.807, 2.05) is 0 Å². The monoisotopic (exact) mass is 229 g/mol. The van der Waals surface area contributed by atoms with Crippen LogP contribution in [0.3, 0.4) is 0 Å². The van der Waals surface area contributed by atoms with E-state index in [9.17, 15) is 8.78 Å². The van der Waals surface area contributed by atoms with Crippen molar-refractivity contribution in [3.63, 3.8) is 0 Å². The highest BCUT2D eigenvalue weighted by Crippen LogP contribution is 2.26. The van der Waals surface area contributed by atoms with Gasteiger partial charge in [-0.3, -0.25) is 0 Å². The summed E-state index contributed by atoms with van der Waals surface area (Å²) < 4.78 is 26.2. The van der Waals surface area contributed by atoms with E-state index in [1.165, 1.54) is 12.1 Å². The van der Waals surface area contributed by atoms with E-state index in [-0.39, 0.29) is 6.04 Å². The van der Waals surface area contributed by atoms with Crippen LogP contribution in [0.2, 0.25) is 0 Å². The van der Waals surface area contributed by atoms with Gasteiger partial charge in [-0.15, -0.1) is 0 Å². The van der Waals surface area contributed by atoms with Gasteiger partial charge in [-0.25, -0.2) is 8.78 Å². The maximum atomic E-state index is 13.5. The minimum Gasteiger partial charge on any atom is -0.306 e. The Morgan fingerprint density at radius 2 is 2.13 bits per heavy atom. The molecule has 0 bridgehead atoms. The molecule has 0 radical (unpaired) electrons. The van der Waals surface area contributed by atoms with E-state index in [0.717, 1.165) is 17.6 Å². The van der Waals surface area contributed by atoms with Crippen molar-refractivity contribution < 1.29 is 8.78 Å². The summed E-state index contributed by atoms with van der Waals surface area (Å²) in [5.74, 6) is 0.904. The van der Waals surface area contributed by atoms with Gasteiger partial charge in [0, 0.05) is 35.2 Å². The Labute approximate surface area is 92.3 Å². The second kappa shape index (κ2) is 4.49. The van der Waals surface area contributed by atoms with Crippen LogP contribution in [0.1, 0.15) is 18.5 Å². The molecule has 1 aliphatic rings. The van der Waals surface area contributed by atoms with Gasteiger partial charge in [0.15, 0.2) is 0 Å². The summed E-state index contributed by atoms with van der Waals surface area (Å²) in [5, 5.41) is 3.31. The van der Waals surface area contributed by atoms with Crippen LogP contribution in [0.5, 0.6) is 0 Å². The Kier molecular flexibility index (Phi) is 3.26. The molecule has 15 heavy (non-hydrogen) atoms. The van der Waals surface area contributed by atoms with Crippen molar-refractivity contribution in [3.8, 4) is 0 Å². The topological polar surface area (TPSA) is 12.0 Å². The summed E-state index contributed by atoms with van der Waals surface area (Å²) in [4.78, 5) is 0. The number of hydrogen-bond acceptors (Lipinski definition) is 2. The predicted molar refractivity (Wildman–Crippen MR) is 59.0 cm³/mol. The molecule has 1 saturated heterocycles. The van der Waals surface area contributed by atoms with Gasteiger partial charge < -0.3 is 5.32 Å². The van der Waals surface area contributed by atoms with Gasteiger partial charge in [0.05, 0.1) is 0 Å². The average Bonchev–Trinajstić information content (AvgIpc) is 2.17. The molecule has 1 aliphatic heterocycles. The van der Waals surface area contributed by atoms with E-state index >= 15 is 0 Å². The van der Waals surface area contributed by atoms with Gasteiger partial charge in [-0.1, -0.05) is 6.07 Å². The van der Waals surface area contributed by atoms with Crippen molar-refractivity contribution >= 4 is 11.8 Å². The summed E-state index contributed by atoms with van der Waals surface area (Å²) in [6.45, 7) is 2.07. The number of rotatable bonds is 1. The third-order valence-electron chi connectivity index (χ3n) is 2.48. The molecule has 2 atom stereocenters. The third kappa shape index (κ3) is 2.49. The zero-order valence-electron chi connectivity index (χ0n) is 8.47. The molecule has 1 aromatic carbocycles. The van der Waals surface area contributed by atoms with Crippen molar-refractivity contribution in [2.75, 3.05) is 11.5 Å². The fourth-order valence-corrected chi connectivity index (χ4v) is 2.86. The maximum Gasteiger partial charge on any atom is 0.130 e. The molecule has 2 unspecified atom stereocenters. The molecular formula is C11H13F2NS. The number of benzene rings is 1. The Morgan fingerprint density at radius 3 is 2.80 bits per heavy atom. The number of hydrogen-bond donors (Lipinski definition) is 1. The van der Waals surface area contributed by atoms with Crippen molar-refractivity contribution in [2.45, 2.75) is 19.0 Å². The van der Waals surface area contributed by atoms with E-state index < -0.39 is 11.6 Å². The molecular weight excluding hydrogens is 216 g/mol. The largest absolute Gasteiger partial charge is 0.306 e. The molecule has 1 N–H and O–H groups in total. The molecule has 0 amide bonds. The van der Waals surface area contributed by atoms with E-state index in [4.69, 9.17) is 0 Å². The van der Waals surface area contributed by atoms with Crippen LogP contribution in [0.4, 0.5) is 8.78 Å². The van der Waals surface area contributed by atoms with Gasteiger partial charge in [0.1, 0.15) is 11.6 Å². The molecule has 1 fully saturated rings. The molecule has 4 heteroatoms. The third-order valence-corrected chi connectivity index (χ3v) is 3.78. The fourth-order valence-electron chi connectivity index (χ4n) is 1.77. The highest BCUT2D eigenvalue weighted by Gasteiger charge is 2.22. The van der Waals surface area contributed by atoms with Crippen LogP contribution in [-0.2, 0) is 0 Å². The SMILES string of the molecule is CC1CSCC(c2ccc(F)cc2F)N1. The highest BCUT2D eigenvalue weighted by atomic mass is 32.2. The summed E-state index contributed by atoms with van der Waals surface area (Å²) in [7, 11) is 0. The minimum atomic E-state index is -0.521. The average molecular weight is 229 g/mol. The van der Waals surface area contributed by atoms with Crippen molar-refractivity contribution in [1.82, 2.24) is 5.32 Å². The lowest BCUT2D eigenvalue weighted by molar-refractivity contribution is 0.476. The van der Waals surface area contributed by atoms with Crippen LogP contribution in [0, 0.1) is 11.6 Å². The smallest absolute Gasteiger partial charge is 0.130 e. The normalized spacial score (nSPS) is 26.6. The van der Waals surface area contributed by atoms with E-state index in [1.54, 1.807) is 11.8 Å². The first-order valence-electron chi connectivity index (χ1n) is 4.95. The van der Waals surface area contributed by atoms with Gasteiger partial charge >= 0.3 is 0 Å². The predicted octanol–water partition coefficient (Wildman–Crippen LogP) is 2.73. The Morgan fingerprint density at radius 1 is 1.33 bits per heavy atom. The lowest BCUT2D eigenvalue weighted by Crippen LogP contribution is -2.38. The highest BCUT2D eigenvalue weighted by molar-refractivity contribution is 7.99. The Balaban J connectivity index is 2.21. The molecule has 0 saturated carbocycles. The van der Waals surface area contributed by atoms with Crippen molar-refractivity contribution in [3.05, 3.63) is 35.4 Å². The lowest BCUT2D eigenvalue weighted by Gasteiger charge is -2.28. The van der Waals surface area contributed by atoms with Gasteiger partial charge in [-0.05, 0) is 13.0 Å². The van der Waals surface area contributed by atoms with E-state index in [0.29, 0.717) is 11.6 Å². The summed E-state index contributed by atoms with van der Waals surface area (Å²) in [6, 6.07) is 4.16. The molecule has 0 spiro atoms. The zero-order chi connectivity index (χ0) is 10.8. The molecule has 1 aromatic rings. The minimum absolute atomic E-state index is 0.000602. The van der Waals surface area contributed by atoms with Crippen LogP contribution in [0.15, 0.2) is 18.2 Å². The van der Waals surface area contributed by atoms with Gasteiger partial charge in [0.25, 0.3) is 0 Å². The van der Waals surface area contributed by atoms with Gasteiger partial charge in [-0.2, -0.15) is 11.8 Å². The number of nitrogens with one attached hydrogen (secondary N) is 1. The maximum absolute atomic E-state index is 13.5. The van der Waals surface area contributed by atoms with Crippen LogP contribution in [-0.4, -0.2) is 17.5 Å². The molecule has 1 heterocycles. The summed E-state index contributed by atoms with van der Waals surface area (Å²) >= 11 is 1.80. The Bertz CT molecular complexity index is 356. The number of thioether (sulfide) groups is 1. The summed E-state index contributed by atoms with van der Waals surface area (Å²) in [5.41, 5.74) is 0.565. The van der Waals surface area contributed by atoms with Crippen LogP contribution >= 0.6 is 11.8 Å². The fraction of sp³-hybridized carbons (Fsp3) is 0.455. The van der Waals surface area contributed by atoms with Crippen LogP contribution in [0.25, 0.3) is 0 Å². The molecule has 82 valence electrons. The second-order valence-electron chi connectivity index (χ2n) is 3.82. The molecule has 0 aromatic heterocycles. The lowest BCUT2D eigenvalue weighted by atomic mass is 10.1. The van der Waals surface area contributed by atoms with E-state index in [2.05, 4.69) is 12.2 Å². The van der Waals surface area contributed by atoms with Crippen LogP contribution < -0.4 is 5.32 Å². The quantitative estimate of drug-likeness (QED) is 0.794. The van der Waals surface area contributed by atoms with Crippen molar-refractivity contribution in [2.24, 2.45) is 0 Å². The number of halogens is 2. The molecule has 0 aliphatic carbocycles. The standard InChI is InChI=1S/C11H13F2NS/c1-7-5-15-6-11(14-7)9-3-2-8(12)4-10(9)13/h2-4,7,11,14H,5-6H2,1H3. The molecule has 2 rings (SSSR count). The first-order valence-corrected chi connectivity index (χ1v) is 6.11. The Hall–Kier alpha value is -0.610. The zero-order valence-corrected chi connectivity index (χ0v) is 9.28. The summed E-state index contributed by atoms with van der Waals surface area (Å²) in [6.07, 6.45) is 0. The second-order valence-corrected chi connectivity index (χ2v) is 4.90. The van der Waals surface area contributed by atoms with Gasteiger partial charge in [0.2, 0.25) is 0 Å². The first-order chi connectivity index (χ1) is 7.16.